The van der Waals surface area contributed by atoms with Crippen LogP contribution in [0.25, 0.3) is 0 Å². The summed E-state index contributed by atoms with van der Waals surface area (Å²) in [6.45, 7) is 7.81. The Morgan fingerprint density at radius 2 is 2.11 bits per heavy atom. The van der Waals surface area contributed by atoms with Crippen molar-refractivity contribution in [3.05, 3.63) is 35.6 Å². The molecule has 18 heavy (non-hydrogen) atoms. The van der Waals surface area contributed by atoms with Gasteiger partial charge < -0.3 is 10.6 Å². The average molecular weight is 250 g/mol. The Kier molecular flexibility index (Phi) is 4.03. The molecule has 0 saturated carbocycles. The highest BCUT2D eigenvalue weighted by atomic mass is 19.1. The molecular weight excluding hydrogens is 227 g/mol. The Balaban J connectivity index is 1.86. The van der Waals surface area contributed by atoms with Gasteiger partial charge in [0.1, 0.15) is 5.82 Å². The van der Waals surface area contributed by atoms with Crippen LogP contribution in [0.15, 0.2) is 24.3 Å². The predicted molar refractivity (Wildman–Crippen MR) is 72.8 cm³/mol. The van der Waals surface area contributed by atoms with Gasteiger partial charge in [0.25, 0.3) is 0 Å². The summed E-state index contributed by atoms with van der Waals surface area (Å²) in [6.07, 6.45) is 2.05. The maximum Gasteiger partial charge on any atom is 0.127 e. The van der Waals surface area contributed by atoms with Crippen LogP contribution in [0.3, 0.4) is 0 Å². The first-order chi connectivity index (χ1) is 8.48. The number of hydrogen-bond donors (Lipinski definition) is 1. The molecular formula is C15H23FN2. The SMILES string of the molecule is CC1(C)CCN(CCC(N)c2ccccc2F)C1. The van der Waals surface area contributed by atoms with Crippen molar-refractivity contribution in [2.75, 3.05) is 19.6 Å². The number of likely N-dealkylation sites (tertiary alicyclic amines) is 1. The van der Waals surface area contributed by atoms with Crippen molar-refractivity contribution in [2.24, 2.45) is 11.1 Å². The van der Waals surface area contributed by atoms with Crippen LogP contribution >= 0.6 is 0 Å². The molecule has 0 amide bonds. The molecule has 1 aliphatic rings. The first-order valence-electron chi connectivity index (χ1n) is 6.70. The van der Waals surface area contributed by atoms with Crippen LogP contribution in [-0.2, 0) is 0 Å². The number of benzene rings is 1. The number of rotatable bonds is 4. The summed E-state index contributed by atoms with van der Waals surface area (Å²) in [5.74, 6) is -0.188. The molecule has 0 radical (unpaired) electrons. The molecule has 1 aliphatic heterocycles. The third kappa shape index (κ3) is 3.30. The largest absolute Gasteiger partial charge is 0.324 e. The molecule has 1 aromatic rings. The van der Waals surface area contributed by atoms with Gasteiger partial charge in [-0.2, -0.15) is 0 Å². The molecule has 0 bridgehead atoms. The summed E-state index contributed by atoms with van der Waals surface area (Å²) in [5.41, 5.74) is 7.13. The molecule has 2 N–H and O–H groups in total. The average Bonchev–Trinajstić information content (AvgIpc) is 2.66. The van der Waals surface area contributed by atoms with E-state index in [2.05, 4.69) is 18.7 Å². The Hall–Kier alpha value is -0.930. The molecule has 0 aromatic heterocycles. The van der Waals surface area contributed by atoms with Crippen LogP contribution in [0.2, 0.25) is 0 Å². The van der Waals surface area contributed by atoms with E-state index < -0.39 is 0 Å². The van der Waals surface area contributed by atoms with Crippen LogP contribution in [0, 0.1) is 11.2 Å². The second-order valence-electron chi connectivity index (χ2n) is 6.11. The van der Waals surface area contributed by atoms with E-state index in [1.165, 1.54) is 12.5 Å². The normalized spacial score (nSPS) is 21.1. The molecule has 1 atom stereocenters. The van der Waals surface area contributed by atoms with Gasteiger partial charge in [-0.15, -0.1) is 0 Å². The number of nitrogens with two attached hydrogens (primary N) is 1. The van der Waals surface area contributed by atoms with Crippen molar-refractivity contribution in [3.63, 3.8) is 0 Å². The van der Waals surface area contributed by atoms with E-state index in [-0.39, 0.29) is 11.9 Å². The molecule has 1 saturated heterocycles. The molecule has 100 valence electrons. The molecule has 0 aliphatic carbocycles. The second kappa shape index (κ2) is 5.37. The van der Waals surface area contributed by atoms with Crippen LogP contribution in [0.4, 0.5) is 4.39 Å². The van der Waals surface area contributed by atoms with Gasteiger partial charge in [-0.1, -0.05) is 32.0 Å². The van der Waals surface area contributed by atoms with E-state index in [0.717, 1.165) is 26.1 Å². The lowest BCUT2D eigenvalue weighted by molar-refractivity contribution is 0.280. The van der Waals surface area contributed by atoms with Crippen molar-refractivity contribution in [2.45, 2.75) is 32.7 Å². The monoisotopic (exact) mass is 250 g/mol. The zero-order valence-corrected chi connectivity index (χ0v) is 11.3. The van der Waals surface area contributed by atoms with Crippen molar-refractivity contribution in [1.29, 1.82) is 0 Å². The summed E-state index contributed by atoms with van der Waals surface area (Å²) >= 11 is 0. The van der Waals surface area contributed by atoms with Crippen molar-refractivity contribution >= 4 is 0 Å². The molecule has 0 spiro atoms. The first-order valence-corrected chi connectivity index (χ1v) is 6.70. The number of hydrogen-bond acceptors (Lipinski definition) is 2. The zero-order valence-electron chi connectivity index (χ0n) is 11.3. The van der Waals surface area contributed by atoms with Gasteiger partial charge in [0, 0.05) is 18.2 Å². The molecule has 1 fully saturated rings. The lowest BCUT2D eigenvalue weighted by atomic mass is 9.93. The summed E-state index contributed by atoms with van der Waals surface area (Å²) in [7, 11) is 0. The second-order valence-corrected chi connectivity index (χ2v) is 6.11. The third-order valence-corrected chi connectivity index (χ3v) is 3.82. The molecule has 1 heterocycles. The summed E-state index contributed by atoms with van der Waals surface area (Å²) in [5, 5.41) is 0. The summed E-state index contributed by atoms with van der Waals surface area (Å²) < 4.78 is 13.6. The minimum Gasteiger partial charge on any atom is -0.324 e. The zero-order chi connectivity index (χ0) is 13.2. The Bertz CT molecular complexity index is 403. The van der Waals surface area contributed by atoms with Gasteiger partial charge >= 0.3 is 0 Å². The van der Waals surface area contributed by atoms with E-state index in [4.69, 9.17) is 5.73 Å². The Morgan fingerprint density at radius 3 is 2.72 bits per heavy atom. The van der Waals surface area contributed by atoms with Crippen molar-refractivity contribution in [3.8, 4) is 0 Å². The minimum absolute atomic E-state index is 0.188. The fourth-order valence-electron chi connectivity index (χ4n) is 2.67. The van der Waals surface area contributed by atoms with Gasteiger partial charge in [-0.25, -0.2) is 4.39 Å². The van der Waals surface area contributed by atoms with E-state index in [1.54, 1.807) is 12.1 Å². The highest BCUT2D eigenvalue weighted by Crippen LogP contribution is 2.29. The first kappa shape index (κ1) is 13.5. The predicted octanol–water partition coefficient (Wildman–Crippen LogP) is 2.95. The third-order valence-electron chi connectivity index (χ3n) is 3.82. The van der Waals surface area contributed by atoms with Crippen LogP contribution < -0.4 is 5.73 Å². The van der Waals surface area contributed by atoms with Crippen molar-refractivity contribution < 1.29 is 4.39 Å². The fraction of sp³-hybridized carbons (Fsp3) is 0.600. The van der Waals surface area contributed by atoms with Crippen molar-refractivity contribution in [1.82, 2.24) is 4.90 Å². The molecule has 1 aromatic carbocycles. The maximum atomic E-state index is 13.6. The van der Waals surface area contributed by atoms with Gasteiger partial charge in [0.2, 0.25) is 0 Å². The van der Waals surface area contributed by atoms with E-state index in [9.17, 15) is 4.39 Å². The van der Waals surface area contributed by atoms with Crippen LogP contribution in [0.5, 0.6) is 0 Å². The van der Waals surface area contributed by atoms with E-state index >= 15 is 0 Å². The van der Waals surface area contributed by atoms with Gasteiger partial charge in [-0.05, 0) is 37.4 Å². The quantitative estimate of drug-likeness (QED) is 0.890. The van der Waals surface area contributed by atoms with Gasteiger partial charge in [0.05, 0.1) is 0 Å². The summed E-state index contributed by atoms with van der Waals surface area (Å²) in [4.78, 5) is 2.43. The molecule has 2 nitrogen and oxygen atoms in total. The lowest BCUT2D eigenvalue weighted by Crippen LogP contribution is -2.27. The highest BCUT2D eigenvalue weighted by molar-refractivity contribution is 5.20. The molecule has 3 heteroatoms. The fourth-order valence-corrected chi connectivity index (χ4v) is 2.67. The van der Waals surface area contributed by atoms with Gasteiger partial charge in [0.15, 0.2) is 0 Å². The van der Waals surface area contributed by atoms with E-state index in [1.807, 2.05) is 6.07 Å². The Morgan fingerprint density at radius 1 is 1.39 bits per heavy atom. The smallest absolute Gasteiger partial charge is 0.127 e. The van der Waals surface area contributed by atoms with E-state index in [0.29, 0.717) is 11.0 Å². The standard InChI is InChI=1S/C15H23FN2/c1-15(2)8-10-18(11-15)9-7-14(17)12-5-3-4-6-13(12)16/h3-6,14H,7-11,17H2,1-2H3. The number of nitrogens with zero attached hydrogens (tertiary/aromatic N) is 1. The highest BCUT2D eigenvalue weighted by Gasteiger charge is 2.29. The molecule has 2 rings (SSSR count). The number of halogens is 1. The van der Waals surface area contributed by atoms with Crippen LogP contribution in [0.1, 0.15) is 38.3 Å². The summed E-state index contributed by atoms with van der Waals surface area (Å²) in [6, 6.07) is 6.61. The lowest BCUT2D eigenvalue weighted by Gasteiger charge is -2.21. The Labute approximate surface area is 109 Å². The topological polar surface area (TPSA) is 29.3 Å². The van der Waals surface area contributed by atoms with Crippen LogP contribution in [-0.4, -0.2) is 24.5 Å². The van der Waals surface area contributed by atoms with Gasteiger partial charge in [-0.3, -0.25) is 0 Å². The molecule has 1 unspecified atom stereocenters. The minimum atomic E-state index is -0.199. The maximum absolute atomic E-state index is 13.6.